The number of ketones is 6. The van der Waals surface area contributed by atoms with E-state index < -0.39 is 0 Å². The minimum absolute atomic E-state index is 0. The molecule has 0 unspecified atom stereocenters. The summed E-state index contributed by atoms with van der Waals surface area (Å²) in [6, 6.07) is 63.3. The predicted octanol–water partition coefficient (Wildman–Crippen LogP) is 13.0. The molecule has 0 spiro atoms. The zero-order valence-corrected chi connectivity index (χ0v) is 40.1. The van der Waals surface area contributed by atoms with Gasteiger partial charge in [-0.15, -0.1) is 0 Å². The molecule has 0 aliphatic rings. The van der Waals surface area contributed by atoms with Gasteiger partial charge in [0.15, 0.2) is 34.7 Å². The molecule has 0 bridgehead atoms. The Morgan fingerprint density at radius 3 is 0.866 bits per heavy atom. The number of fused-ring (bicyclic) bond motifs is 3. The van der Waals surface area contributed by atoms with Gasteiger partial charge >= 0.3 is 0 Å². The molecule has 0 aliphatic heterocycles. The van der Waals surface area contributed by atoms with Gasteiger partial charge in [-0.25, -0.2) is 0 Å². The molecule has 331 valence electrons. The van der Waals surface area contributed by atoms with Crippen LogP contribution in [0.2, 0.25) is 0 Å². The van der Waals surface area contributed by atoms with E-state index in [-0.39, 0.29) is 103 Å². The van der Waals surface area contributed by atoms with Gasteiger partial charge in [0.2, 0.25) is 0 Å². The molecule has 67 heavy (non-hydrogen) atoms. The minimum atomic E-state index is -0.139. The van der Waals surface area contributed by atoms with Crippen molar-refractivity contribution < 1.29 is 78.1 Å². The molecule has 2 heterocycles. The van der Waals surface area contributed by atoms with Crippen LogP contribution < -0.4 is 0 Å². The van der Waals surface area contributed by atoms with Crippen molar-refractivity contribution in [2.75, 3.05) is 0 Å². The van der Waals surface area contributed by atoms with Gasteiger partial charge in [0.1, 0.15) is 0 Å². The number of hydrogen-bond acceptors (Lipinski definition) is 8. The van der Waals surface area contributed by atoms with Gasteiger partial charge in [-0.2, -0.15) is 0 Å². The van der Waals surface area contributed by atoms with Gasteiger partial charge < -0.3 is 0 Å². The Bertz CT molecular complexity index is 2660. The van der Waals surface area contributed by atoms with Gasteiger partial charge in [0.05, 0.1) is 30.3 Å². The Labute approximate surface area is 438 Å². The summed E-state index contributed by atoms with van der Waals surface area (Å²) in [5.41, 5.74) is 5.38. The van der Waals surface area contributed by atoms with Crippen molar-refractivity contribution in [3.63, 3.8) is 0 Å². The van der Waals surface area contributed by atoms with E-state index in [0.717, 1.165) is 26.3 Å². The fraction of sp³-hybridized carbons (Fsp3) is 0.0526. The Balaban J connectivity index is 0.000000166. The average Bonchev–Trinajstić information content (AvgIpc) is 3.38. The first-order valence-electron chi connectivity index (χ1n) is 21.0. The molecule has 0 saturated carbocycles. The number of hydrogen-bond donors (Lipinski definition) is 0. The number of pyridine rings is 2. The van der Waals surface area contributed by atoms with Crippen LogP contribution >= 0.6 is 15.9 Å². The number of Topliss-reactive ketones (excluding diaryl/α,β-unsaturated/α-hetero) is 6. The molecule has 0 saturated heterocycles. The monoisotopic (exact) mass is 1080 g/mol. The van der Waals surface area contributed by atoms with E-state index in [9.17, 15) is 28.8 Å². The molecule has 0 N–H and O–H groups in total. The standard InChI is InChI=1S/3C15H12O2.C12H7BrN2.Eu/c3*16-14(12-7-3-1-4-8-12)11-15(17)13-9-5-2-6-10-13;13-10-7-8-3-1-5-14-11(8)12-9(10)4-2-6-15-12;/h3*1-10H,11H2;1-7H;. The molecule has 2 aromatic heterocycles. The molecule has 0 aliphatic carbocycles. The Morgan fingerprint density at radius 1 is 0.328 bits per heavy atom. The molecule has 7 aromatic carbocycles. The second kappa shape index (κ2) is 27.2. The first kappa shape index (κ1) is 51.4. The Kier molecular flexibility index (Phi) is 20.9. The smallest absolute Gasteiger partial charge is 0.170 e. The zero-order valence-electron chi connectivity index (χ0n) is 36.1. The number of carbonyl (C=O) groups is 6. The van der Waals surface area contributed by atoms with Crippen molar-refractivity contribution in [1.29, 1.82) is 0 Å². The van der Waals surface area contributed by atoms with E-state index in [1.165, 1.54) is 0 Å². The van der Waals surface area contributed by atoms with Crippen molar-refractivity contribution >= 4 is 72.4 Å². The van der Waals surface area contributed by atoms with E-state index in [4.69, 9.17) is 0 Å². The van der Waals surface area contributed by atoms with Gasteiger partial charge in [-0.05, 0) is 18.2 Å². The van der Waals surface area contributed by atoms with Crippen LogP contribution in [-0.2, 0) is 0 Å². The normalized spacial score (nSPS) is 9.99. The molecule has 9 rings (SSSR count). The molecule has 1 radical (unpaired) electrons. The van der Waals surface area contributed by atoms with Crippen LogP contribution in [0.15, 0.2) is 229 Å². The fourth-order valence-electron chi connectivity index (χ4n) is 6.53. The number of aromatic nitrogens is 2. The molecule has 9 aromatic rings. The SMILES string of the molecule is Brc1cc2cccnc2c2ncccc12.O=C(CC(=O)c1ccccc1)c1ccccc1.O=C(CC(=O)c1ccccc1)c1ccccc1.O=C(CC(=O)c1ccccc1)c1ccccc1.[Eu]. The Hall–Kier alpha value is -6.56. The molecule has 0 fully saturated rings. The van der Waals surface area contributed by atoms with Crippen LogP contribution in [0.25, 0.3) is 21.8 Å². The third-order valence-electron chi connectivity index (χ3n) is 9.95. The molecule has 0 amide bonds. The third-order valence-corrected chi connectivity index (χ3v) is 10.6. The molecule has 8 nitrogen and oxygen atoms in total. The van der Waals surface area contributed by atoms with Crippen LogP contribution in [0.5, 0.6) is 0 Å². The van der Waals surface area contributed by atoms with Gasteiger partial charge in [0.25, 0.3) is 0 Å². The third kappa shape index (κ3) is 15.8. The predicted molar refractivity (Wildman–Crippen MR) is 263 cm³/mol. The molecular formula is C57H43BrEuN2O6. The topological polar surface area (TPSA) is 128 Å². The van der Waals surface area contributed by atoms with Crippen LogP contribution in [0.4, 0.5) is 0 Å². The van der Waals surface area contributed by atoms with Gasteiger partial charge in [0, 0.05) is 110 Å². The summed E-state index contributed by atoms with van der Waals surface area (Å²) in [6.07, 6.45) is 3.36. The fourth-order valence-corrected chi connectivity index (χ4v) is 7.09. The van der Waals surface area contributed by atoms with E-state index >= 15 is 0 Å². The van der Waals surface area contributed by atoms with Crippen molar-refractivity contribution in [3.05, 3.63) is 263 Å². The summed E-state index contributed by atoms with van der Waals surface area (Å²) in [5, 5.41) is 2.21. The van der Waals surface area contributed by atoms with Gasteiger partial charge in [-0.1, -0.05) is 210 Å². The second-order valence-electron chi connectivity index (χ2n) is 14.6. The summed E-state index contributed by atoms with van der Waals surface area (Å²) in [5.74, 6) is -0.836. The minimum Gasteiger partial charge on any atom is -0.294 e. The number of carbonyl (C=O) groups excluding carboxylic acids is 6. The maximum Gasteiger partial charge on any atom is 0.170 e. The van der Waals surface area contributed by atoms with Gasteiger partial charge in [-0.3, -0.25) is 38.7 Å². The van der Waals surface area contributed by atoms with E-state index in [1.54, 1.807) is 158 Å². The number of halogens is 1. The van der Waals surface area contributed by atoms with Crippen LogP contribution in [0.3, 0.4) is 0 Å². The summed E-state index contributed by atoms with van der Waals surface area (Å²) in [4.78, 5) is 79.6. The summed E-state index contributed by atoms with van der Waals surface area (Å²) in [6.45, 7) is 0. The molecule has 0 atom stereocenters. The number of rotatable bonds is 12. The summed E-state index contributed by atoms with van der Waals surface area (Å²) < 4.78 is 1.06. The van der Waals surface area contributed by atoms with E-state index in [1.807, 2.05) is 60.7 Å². The first-order valence-corrected chi connectivity index (χ1v) is 21.7. The number of benzene rings is 7. The van der Waals surface area contributed by atoms with Crippen LogP contribution in [0.1, 0.15) is 81.4 Å². The largest absolute Gasteiger partial charge is 0.294 e. The maximum absolute atomic E-state index is 11.8. The Morgan fingerprint density at radius 2 is 0.582 bits per heavy atom. The zero-order chi connectivity index (χ0) is 46.5. The number of nitrogens with zero attached hydrogens (tertiary/aromatic N) is 2. The maximum atomic E-state index is 11.8. The summed E-state index contributed by atoms with van der Waals surface area (Å²) >= 11 is 3.55. The van der Waals surface area contributed by atoms with Crippen molar-refractivity contribution in [1.82, 2.24) is 9.97 Å². The van der Waals surface area contributed by atoms with Crippen molar-refractivity contribution in [3.8, 4) is 0 Å². The van der Waals surface area contributed by atoms with Crippen molar-refractivity contribution in [2.45, 2.75) is 19.3 Å². The second-order valence-corrected chi connectivity index (χ2v) is 15.5. The van der Waals surface area contributed by atoms with E-state index in [0.29, 0.717) is 33.4 Å². The average molecular weight is 1080 g/mol. The van der Waals surface area contributed by atoms with Crippen molar-refractivity contribution in [2.24, 2.45) is 0 Å². The first-order chi connectivity index (χ1) is 32.2. The van der Waals surface area contributed by atoms with Crippen LogP contribution in [-0.4, -0.2) is 44.7 Å². The molecular weight excluding hydrogens is 1040 g/mol. The van der Waals surface area contributed by atoms with E-state index in [2.05, 4.69) is 32.0 Å². The quantitative estimate of drug-likeness (QED) is 0.0672. The molecule has 10 heteroatoms. The summed E-state index contributed by atoms with van der Waals surface area (Å²) in [7, 11) is 0. The van der Waals surface area contributed by atoms with Crippen LogP contribution in [0, 0.1) is 49.4 Å².